The minimum atomic E-state index is -0.471. The van der Waals surface area contributed by atoms with Gasteiger partial charge in [0.2, 0.25) is 0 Å². The Morgan fingerprint density at radius 3 is 2.53 bits per heavy atom. The zero-order valence-electron chi connectivity index (χ0n) is 8.69. The van der Waals surface area contributed by atoms with Gasteiger partial charge in [0.15, 0.2) is 0 Å². The van der Waals surface area contributed by atoms with Gasteiger partial charge in [-0.2, -0.15) is 0 Å². The van der Waals surface area contributed by atoms with Crippen LogP contribution in [0.5, 0.6) is 0 Å². The van der Waals surface area contributed by atoms with E-state index < -0.39 is 6.09 Å². The SMILES string of the molecule is COC(=O)NC1CCN(C(=O)OC)C1.Cl. The minimum absolute atomic E-state index is 0. The minimum Gasteiger partial charge on any atom is -0.453 e. The van der Waals surface area contributed by atoms with Gasteiger partial charge in [-0.25, -0.2) is 9.59 Å². The zero-order valence-corrected chi connectivity index (χ0v) is 9.50. The number of amides is 2. The lowest BCUT2D eigenvalue weighted by molar-refractivity contribution is 0.131. The van der Waals surface area contributed by atoms with E-state index in [4.69, 9.17) is 0 Å². The topological polar surface area (TPSA) is 67.9 Å². The number of hydrogen-bond donors (Lipinski definition) is 1. The fourth-order valence-corrected chi connectivity index (χ4v) is 1.40. The number of hydrogen-bond acceptors (Lipinski definition) is 4. The number of nitrogens with zero attached hydrogens (tertiary/aromatic N) is 1. The predicted molar refractivity (Wildman–Crippen MR) is 55.2 cm³/mol. The first kappa shape index (κ1) is 13.8. The van der Waals surface area contributed by atoms with Crippen molar-refractivity contribution in [1.29, 1.82) is 0 Å². The number of rotatable bonds is 1. The molecule has 6 nitrogen and oxygen atoms in total. The maximum absolute atomic E-state index is 11.1. The van der Waals surface area contributed by atoms with E-state index in [2.05, 4.69) is 14.8 Å². The summed E-state index contributed by atoms with van der Waals surface area (Å²) in [5.41, 5.74) is 0. The van der Waals surface area contributed by atoms with Crippen molar-refractivity contribution in [3.63, 3.8) is 0 Å². The Morgan fingerprint density at radius 2 is 2.00 bits per heavy atom. The molecule has 0 spiro atoms. The third-order valence-electron chi connectivity index (χ3n) is 2.13. The van der Waals surface area contributed by atoms with Crippen LogP contribution in [0, 0.1) is 0 Å². The second kappa shape index (κ2) is 6.34. The van der Waals surface area contributed by atoms with E-state index in [1.165, 1.54) is 14.2 Å². The van der Waals surface area contributed by atoms with Crippen molar-refractivity contribution >= 4 is 24.6 Å². The number of likely N-dealkylation sites (tertiary alicyclic amines) is 1. The number of carbonyl (C=O) groups excluding carboxylic acids is 2. The standard InChI is InChI=1S/C8H14N2O4.ClH/c1-13-7(11)9-6-3-4-10(5-6)8(12)14-2;/h6H,3-5H2,1-2H3,(H,9,11);1H. The molecule has 1 N–H and O–H groups in total. The van der Waals surface area contributed by atoms with Crippen molar-refractivity contribution < 1.29 is 19.1 Å². The molecule has 88 valence electrons. The fourth-order valence-electron chi connectivity index (χ4n) is 1.40. The Hall–Kier alpha value is -1.17. The number of alkyl carbamates (subject to hydrolysis) is 1. The van der Waals surface area contributed by atoms with Crippen molar-refractivity contribution in [2.75, 3.05) is 27.3 Å². The van der Waals surface area contributed by atoms with Crippen LogP contribution in [0.25, 0.3) is 0 Å². The summed E-state index contributed by atoms with van der Waals surface area (Å²) in [7, 11) is 2.64. The number of ether oxygens (including phenoxy) is 2. The second-order valence-electron chi connectivity index (χ2n) is 3.04. The molecular weight excluding hydrogens is 224 g/mol. The van der Waals surface area contributed by atoms with Crippen LogP contribution in [0.4, 0.5) is 9.59 Å². The monoisotopic (exact) mass is 238 g/mol. The lowest BCUT2D eigenvalue weighted by Gasteiger charge is -2.14. The van der Waals surface area contributed by atoms with Gasteiger partial charge in [0.25, 0.3) is 0 Å². The van der Waals surface area contributed by atoms with Crippen molar-refractivity contribution in [2.45, 2.75) is 12.5 Å². The Kier molecular flexibility index (Phi) is 5.84. The number of methoxy groups -OCH3 is 2. The summed E-state index contributed by atoms with van der Waals surface area (Å²) >= 11 is 0. The first-order valence-electron chi connectivity index (χ1n) is 4.34. The predicted octanol–water partition coefficient (Wildman–Crippen LogP) is 0.605. The fraction of sp³-hybridized carbons (Fsp3) is 0.750. The van der Waals surface area contributed by atoms with Crippen molar-refractivity contribution in [3.8, 4) is 0 Å². The molecule has 1 saturated heterocycles. The van der Waals surface area contributed by atoms with Gasteiger partial charge in [0.1, 0.15) is 0 Å². The van der Waals surface area contributed by atoms with E-state index in [9.17, 15) is 9.59 Å². The first-order valence-corrected chi connectivity index (χ1v) is 4.34. The molecular formula is C8H15ClN2O4. The third kappa shape index (κ3) is 3.83. The van der Waals surface area contributed by atoms with E-state index in [-0.39, 0.29) is 24.5 Å². The molecule has 1 fully saturated rings. The van der Waals surface area contributed by atoms with E-state index in [0.717, 1.165) is 6.42 Å². The summed E-state index contributed by atoms with van der Waals surface area (Å²) in [4.78, 5) is 23.5. The lowest BCUT2D eigenvalue weighted by atomic mass is 10.3. The van der Waals surface area contributed by atoms with E-state index in [1.54, 1.807) is 4.90 Å². The van der Waals surface area contributed by atoms with Crippen molar-refractivity contribution in [1.82, 2.24) is 10.2 Å². The van der Waals surface area contributed by atoms with Gasteiger partial charge in [0, 0.05) is 13.1 Å². The summed E-state index contributed by atoms with van der Waals surface area (Å²) in [5, 5.41) is 2.63. The summed E-state index contributed by atoms with van der Waals surface area (Å²) < 4.78 is 9.01. The number of halogens is 1. The van der Waals surface area contributed by atoms with Crippen LogP contribution in [-0.2, 0) is 9.47 Å². The second-order valence-corrected chi connectivity index (χ2v) is 3.04. The van der Waals surface area contributed by atoms with Crippen molar-refractivity contribution in [2.24, 2.45) is 0 Å². The van der Waals surface area contributed by atoms with Gasteiger partial charge < -0.3 is 19.7 Å². The molecule has 15 heavy (non-hydrogen) atoms. The highest BCUT2D eigenvalue weighted by atomic mass is 35.5. The molecule has 1 rings (SSSR count). The van der Waals surface area contributed by atoms with Gasteiger partial charge in [-0.3, -0.25) is 0 Å². The highest BCUT2D eigenvalue weighted by Gasteiger charge is 2.27. The van der Waals surface area contributed by atoms with Gasteiger partial charge in [-0.05, 0) is 6.42 Å². The van der Waals surface area contributed by atoms with E-state index in [1.807, 2.05) is 0 Å². The maximum atomic E-state index is 11.1. The lowest BCUT2D eigenvalue weighted by Crippen LogP contribution is -2.38. The average molecular weight is 239 g/mol. The summed E-state index contributed by atoms with van der Waals surface area (Å²) in [6, 6.07) is -0.0402. The first-order chi connectivity index (χ1) is 6.67. The average Bonchev–Trinajstić information content (AvgIpc) is 2.65. The summed E-state index contributed by atoms with van der Waals surface area (Å²) in [6.07, 6.45) is -0.106. The highest BCUT2D eigenvalue weighted by molar-refractivity contribution is 5.85. The Morgan fingerprint density at radius 1 is 1.33 bits per heavy atom. The number of carbonyl (C=O) groups is 2. The molecule has 0 aromatic heterocycles. The normalized spacial score (nSPS) is 19.1. The van der Waals surface area contributed by atoms with Crippen LogP contribution in [-0.4, -0.2) is 50.4 Å². The smallest absolute Gasteiger partial charge is 0.409 e. The van der Waals surface area contributed by atoms with E-state index >= 15 is 0 Å². The summed E-state index contributed by atoms with van der Waals surface area (Å²) in [5.74, 6) is 0. The summed E-state index contributed by atoms with van der Waals surface area (Å²) in [6.45, 7) is 1.07. The van der Waals surface area contributed by atoms with Crippen LogP contribution in [0.3, 0.4) is 0 Å². The van der Waals surface area contributed by atoms with Crippen LogP contribution in [0.15, 0.2) is 0 Å². The largest absolute Gasteiger partial charge is 0.453 e. The van der Waals surface area contributed by atoms with Crippen LogP contribution >= 0.6 is 12.4 Å². The maximum Gasteiger partial charge on any atom is 0.409 e. The molecule has 1 aliphatic heterocycles. The van der Waals surface area contributed by atoms with Gasteiger partial charge in [0.05, 0.1) is 20.3 Å². The molecule has 0 saturated carbocycles. The van der Waals surface area contributed by atoms with Gasteiger partial charge >= 0.3 is 12.2 Å². The molecule has 0 aromatic rings. The molecule has 1 heterocycles. The third-order valence-corrected chi connectivity index (χ3v) is 2.13. The van der Waals surface area contributed by atoms with Crippen LogP contribution in [0.1, 0.15) is 6.42 Å². The van der Waals surface area contributed by atoms with E-state index in [0.29, 0.717) is 13.1 Å². The van der Waals surface area contributed by atoms with Gasteiger partial charge in [-0.1, -0.05) is 0 Å². The molecule has 1 atom stereocenters. The molecule has 0 bridgehead atoms. The van der Waals surface area contributed by atoms with Crippen LogP contribution < -0.4 is 5.32 Å². The molecule has 0 radical (unpaired) electrons. The highest BCUT2D eigenvalue weighted by Crippen LogP contribution is 2.10. The number of nitrogens with one attached hydrogen (secondary N) is 1. The Balaban J connectivity index is 0.00000196. The molecule has 2 amide bonds. The van der Waals surface area contributed by atoms with Gasteiger partial charge in [-0.15, -0.1) is 12.4 Å². The molecule has 7 heteroatoms. The molecule has 1 aliphatic rings. The quantitative estimate of drug-likeness (QED) is 0.727. The van der Waals surface area contributed by atoms with Crippen LogP contribution in [0.2, 0.25) is 0 Å². The Bertz CT molecular complexity index is 237. The molecule has 0 aliphatic carbocycles. The van der Waals surface area contributed by atoms with Crippen molar-refractivity contribution in [3.05, 3.63) is 0 Å². The zero-order chi connectivity index (χ0) is 10.6. The Labute approximate surface area is 94.3 Å². The molecule has 1 unspecified atom stereocenters. The molecule has 0 aromatic carbocycles.